The molecule has 0 spiro atoms. The molecule has 0 bridgehead atoms. The SMILES string of the molecule is COc1cccc(C2CC(c3ccc(Cl)cc3)=NC(c3ccc(C(F)(F)F)cc3)N2)c1O. The molecule has 0 aliphatic carbocycles. The summed E-state index contributed by atoms with van der Waals surface area (Å²) in [5, 5.41) is 14.6. The van der Waals surface area contributed by atoms with Crippen molar-refractivity contribution in [2.75, 3.05) is 7.11 Å². The molecule has 32 heavy (non-hydrogen) atoms. The first-order valence-electron chi connectivity index (χ1n) is 9.88. The zero-order valence-corrected chi connectivity index (χ0v) is 17.8. The number of halogens is 4. The highest BCUT2D eigenvalue weighted by atomic mass is 35.5. The van der Waals surface area contributed by atoms with Crippen molar-refractivity contribution in [1.29, 1.82) is 0 Å². The van der Waals surface area contributed by atoms with Gasteiger partial charge in [-0.05, 0) is 41.5 Å². The molecule has 0 fully saturated rings. The van der Waals surface area contributed by atoms with Crippen LogP contribution in [0.4, 0.5) is 13.2 Å². The van der Waals surface area contributed by atoms with E-state index in [9.17, 15) is 18.3 Å². The maximum atomic E-state index is 13.0. The van der Waals surface area contributed by atoms with Crippen molar-refractivity contribution in [3.8, 4) is 11.5 Å². The minimum Gasteiger partial charge on any atom is -0.504 e. The molecule has 2 atom stereocenters. The predicted octanol–water partition coefficient (Wildman–Crippen LogP) is 6.30. The maximum absolute atomic E-state index is 13.0. The topological polar surface area (TPSA) is 53.8 Å². The summed E-state index contributed by atoms with van der Waals surface area (Å²) in [6.45, 7) is 0. The molecule has 3 aromatic carbocycles. The van der Waals surface area contributed by atoms with E-state index in [2.05, 4.69) is 5.32 Å². The van der Waals surface area contributed by atoms with Gasteiger partial charge < -0.3 is 9.84 Å². The number of aromatic hydroxyl groups is 1. The summed E-state index contributed by atoms with van der Waals surface area (Å²) in [7, 11) is 1.47. The van der Waals surface area contributed by atoms with Gasteiger partial charge in [-0.3, -0.25) is 10.3 Å². The molecule has 0 aromatic heterocycles. The molecule has 4 rings (SSSR count). The molecular weight excluding hydrogens is 441 g/mol. The van der Waals surface area contributed by atoms with E-state index in [1.807, 2.05) is 12.1 Å². The minimum atomic E-state index is -4.41. The molecule has 4 nitrogen and oxygen atoms in total. The number of hydrogen-bond donors (Lipinski definition) is 2. The molecule has 1 aliphatic rings. The normalized spacial score (nSPS) is 18.8. The third kappa shape index (κ3) is 4.59. The van der Waals surface area contributed by atoms with E-state index >= 15 is 0 Å². The maximum Gasteiger partial charge on any atom is 0.416 e. The molecule has 0 amide bonds. The molecule has 2 N–H and O–H groups in total. The fourth-order valence-corrected chi connectivity index (χ4v) is 3.86. The number of rotatable bonds is 4. The summed E-state index contributed by atoms with van der Waals surface area (Å²) in [6.07, 6.45) is -4.56. The Labute approximate surface area is 188 Å². The van der Waals surface area contributed by atoms with Crippen molar-refractivity contribution in [3.05, 3.63) is 94.0 Å². The van der Waals surface area contributed by atoms with Gasteiger partial charge in [-0.2, -0.15) is 13.2 Å². The monoisotopic (exact) mass is 460 g/mol. The number of aliphatic imine (C=N–C) groups is 1. The highest BCUT2D eigenvalue weighted by molar-refractivity contribution is 6.30. The number of nitrogens with one attached hydrogen (secondary N) is 1. The van der Waals surface area contributed by atoms with Crippen LogP contribution in [0.15, 0.2) is 71.7 Å². The van der Waals surface area contributed by atoms with Crippen LogP contribution in [0, 0.1) is 0 Å². The van der Waals surface area contributed by atoms with Gasteiger partial charge in [0.25, 0.3) is 0 Å². The van der Waals surface area contributed by atoms with Gasteiger partial charge in [-0.1, -0.05) is 48.0 Å². The van der Waals surface area contributed by atoms with Crippen LogP contribution < -0.4 is 10.1 Å². The highest BCUT2D eigenvalue weighted by Gasteiger charge is 2.32. The van der Waals surface area contributed by atoms with Gasteiger partial charge in [-0.15, -0.1) is 0 Å². The van der Waals surface area contributed by atoms with Crippen LogP contribution in [-0.2, 0) is 6.18 Å². The van der Waals surface area contributed by atoms with E-state index in [4.69, 9.17) is 21.3 Å². The van der Waals surface area contributed by atoms with E-state index < -0.39 is 17.9 Å². The summed E-state index contributed by atoms with van der Waals surface area (Å²) < 4.78 is 44.2. The summed E-state index contributed by atoms with van der Waals surface area (Å²) >= 11 is 6.01. The van der Waals surface area contributed by atoms with Crippen LogP contribution in [0.25, 0.3) is 0 Å². The Morgan fingerprint density at radius 3 is 2.34 bits per heavy atom. The van der Waals surface area contributed by atoms with Crippen molar-refractivity contribution in [1.82, 2.24) is 5.32 Å². The molecular formula is C24H20ClF3N2O2. The minimum absolute atomic E-state index is 0.0102. The number of benzene rings is 3. The third-order valence-electron chi connectivity index (χ3n) is 5.40. The second-order valence-electron chi connectivity index (χ2n) is 7.43. The molecule has 0 radical (unpaired) electrons. The Bertz CT molecular complexity index is 1130. The molecule has 1 heterocycles. The van der Waals surface area contributed by atoms with Gasteiger partial charge in [-0.25, -0.2) is 0 Å². The van der Waals surface area contributed by atoms with Crippen molar-refractivity contribution in [3.63, 3.8) is 0 Å². The van der Waals surface area contributed by atoms with E-state index in [1.165, 1.54) is 19.2 Å². The highest BCUT2D eigenvalue weighted by Crippen LogP contribution is 2.39. The van der Waals surface area contributed by atoms with Gasteiger partial charge in [0.15, 0.2) is 11.5 Å². The van der Waals surface area contributed by atoms with Crippen LogP contribution in [0.2, 0.25) is 5.02 Å². The zero-order chi connectivity index (χ0) is 22.9. The lowest BCUT2D eigenvalue weighted by Gasteiger charge is -2.31. The number of para-hydroxylation sites is 1. The molecule has 0 saturated heterocycles. The lowest BCUT2D eigenvalue weighted by Crippen LogP contribution is -2.33. The van der Waals surface area contributed by atoms with Gasteiger partial charge in [0.05, 0.1) is 12.7 Å². The molecule has 1 aliphatic heterocycles. The number of hydrogen-bond acceptors (Lipinski definition) is 4. The average molecular weight is 461 g/mol. The Morgan fingerprint density at radius 1 is 1.03 bits per heavy atom. The summed E-state index contributed by atoms with van der Waals surface area (Å²) in [5.41, 5.74) is 2.07. The van der Waals surface area contributed by atoms with Crippen molar-refractivity contribution < 1.29 is 23.0 Å². The van der Waals surface area contributed by atoms with Crippen molar-refractivity contribution in [2.24, 2.45) is 4.99 Å². The van der Waals surface area contributed by atoms with Gasteiger partial charge >= 0.3 is 6.18 Å². The first-order valence-corrected chi connectivity index (χ1v) is 10.3. The number of phenols is 1. The quantitative estimate of drug-likeness (QED) is 0.480. The number of ether oxygens (including phenoxy) is 1. The fourth-order valence-electron chi connectivity index (χ4n) is 3.73. The number of alkyl halides is 3. The van der Waals surface area contributed by atoms with Crippen LogP contribution in [0.1, 0.15) is 40.9 Å². The van der Waals surface area contributed by atoms with E-state index in [0.717, 1.165) is 23.4 Å². The fraction of sp³-hybridized carbons (Fsp3) is 0.208. The largest absolute Gasteiger partial charge is 0.504 e. The summed E-state index contributed by atoms with van der Waals surface area (Å²) in [4.78, 5) is 4.76. The summed E-state index contributed by atoms with van der Waals surface area (Å²) in [6, 6.07) is 17.0. The lowest BCUT2D eigenvalue weighted by molar-refractivity contribution is -0.137. The first-order chi connectivity index (χ1) is 15.3. The number of methoxy groups -OCH3 is 1. The van der Waals surface area contributed by atoms with Crippen LogP contribution in [0.3, 0.4) is 0 Å². The van der Waals surface area contributed by atoms with Gasteiger partial charge in [0.2, 0.25) is 0 Å². The Hall–Kier alpha value is -3.03. The number of nitrogens with zero attached hydrogens (tertiary/aromatic N) is 1. The summed E-state index contributed by atoms with van der Waals surface area (Å²) in [5.74, 6) is 0.349. The Kier molecular flexibility index (Phi) is 6.13. The zero-order valence-electron chi connectivity index (χ0n) is 17.0. The second kappa shape index (κ2) is 8.84. The van der Waals surface area contributed by atoms with Crippen molar-refractivity contribution >= 4 is 17.3 Å². The van der Waals surface area contributed by atoms with Crippen LogP contribution >= 0.6 is 11.6 Å². The second-order valence-corrected chi connectivity index (χ2v) is 7.86. The Morgan fingerprint density at radius 2 is 1.72 bits per heavy atom. The van der Waals surface area contributed by atoms with Gasteiger partial charge in [0, 0.05) is 28.8 Å². The average Bonchev–Trinajstić information content (AvgIpc) is 2.79. The van der Waals surface area contributed by atoms with Crippen LogP contribution in [-0.4, -0.2) is 17.9 Å². The standard InChI is InChI=1S/C24H20ClF3N2O2/c1-32-21-4-2-3-18(22(21)31)20-13-19(14-7-11-17(25)12-8-14)29-23(30-20)15-5-9-16(10-6-15)24(26,27)28/h2-12,20,23,30-31H,13H2,1H3. The predicted molar refractivity (Wildman–Crippen MR) is 117 cm³/mol. The van der Waals surface area contributed by atoms with E-state index in [0.29, 0.717) is 28.3 Å². The van der Waals surface area contributed by atoms with E-state index in [1.54, 1.807) is 30.3 Å². The van der Waals surface area contributed by atoms with E-state index in [-0.39, 0.29) is 11.8 Å². The first kappa shape index (κ1) is 22.2. The number of phenolic OH excluding ortho intramolecular Hbond substituents is 1. The molecule has 166 valence electrons. The molecule has 3 aromatic rings. The third-order valence-corrected chi connectivity index (χ3v) is 5.65. The molecule has 2 unspecified atom stereocenters. The van der Waals surface area contributed by atoms with Gasteiger partial charge in [0.1, 0.15) is 6.17 Å². The Balaban J connectivity index is 1.74. The smallest absolute Gasteiger partial charge is 0.416 e. The van der Waals surface area contributed by atoms with Crippen LogP contribution in [0.5, 0.6) is 11.5 Å². The molecule has 8 heteroatoms. The lowest BCUT2D eigenvalue weighted by atomic mass is 9.93. The molecule has 0 saturated carbocycles. The van der Waals surface area contributed by atoms with Crippen molar-refractivity contribution in [2.45, 2.75) is 24.8 Å².